The smallest absolute Gasteiger partial charge is 0.311 e. The van der Waals surface area contributed by atoms with Gasteiger partial charge in [0.2, 0.25) is 0 Å². The number of nitrogens with one attached hydrogen (secondary N) is 1. The van der Waals surface area contributed by atoms with Gasteiger partial charge in [-0.05, 0) is 32.2 Å². The summed E-state index contributed by atoms with van der Waals surface area (Å²) in [5, 5.41) is 2.96. The van der Waals surface area contributed by atoms with Crippen LogP contribution in [0.4, 0.5) is 0 Å². The van der Waals surface area contributed by atoms with Crippen molar-refractivity contribution in [3.63, 3.8) is 0 Å². The van der Waals surface area contributed by atoms with Crippen LogP contribution in [0.25, 0.3) is 0 Å². The Bertz CT molecular complexity index is 220. The summed E-state index contributed by atoms with van der Waals surface area (Å²) in [6.07, 6.45) is 1.68. The number of carbonyl (C=O) groups is 1. The molecular weight excluding hydrogens is 202 g/mol. The molecule has 0 aliphatic rings. The zero-order chi connectivity index (χ0) is 12.8. The minimum absolute atomic E-state index is 0.0693. The lowest BCUT2D eigenvalue weighted by atomic mass is 9.73. The van der Waals surface area contributed by atoms with E-state index in [0.29, 0.717) is 13.2 Å². The van der Waals surface area contributed by atoms with Crippen LogP contribution in [0.2, 0.25) is 0 Å². The Labute approximate surface area is 99.9 Å². The van der Waals surface area contributed by atoms with Crippen LogP contribution in [0.5, 0.6) is 0 Å². The van der Waals surface area contributed by atoms with Crippen LogP contribution in [0.3, 0.4) is 0 Å². The number of hydrogen-bond acceptors (Lipinski definition) is 3. The van der Waals surface area contributed by atoms with Crippen LogP contribution >= 0.6 is 0 Å². The topological polar surface area (TPSA) is 38.3 Å². The summed E-state index contributed by atoms with van der Waals surface area (Å²) in [4.78, 5) is 12.0. The SMILES string of the molecule is CCC(C)(CC(C)(C)C)C(=O)OCCNC. The molecule has 3 nitrogen and oxygen atoms in total. The van der Waals surface area contributed by atoms with Crippen molar-refractivity contribution in [2.45, 2.75) is 47.5 Å². The molecule has 0 aromatic rings. The summed E-state index contributed by atoms with van der Waals surface area (Å²) in [6, 6.07) is 0. The highest BCUT2D eigenvalue weighted by Gasteiger charge is 2.36. The van der Waals surface area contributed by atoms with Gasteiger partial charge in [-0.3, -0.25) is 4.79 Å². The highest BCUT2D eigenvalue weighted by Crippen LogP contribution is 2.37. The summed E-state index contributed by atoms with van der Waals surface area (Å²) in [5.41, 5.74) is -0.210. The molecule has 1 atom stereocenters. The lowest BCUT2D eigenvalue weighted by molar-refractivity contribution is -0.156. The predicted molar refractivity (Wildman–Crippen MR) is 67.4 cm³/mol. The van der Waals surface area contributed by atoms with Gasteiger partial charge >= 0.3 is 5.97 Å². The van der Waals surface area contributed by atoms with Crippen LogP contribution < -0.4 is 5.32 Å². The van der Waals surface area contributed by atoms with E-state index >= 15 is 0 Å². The molecule has 0 aromatic heterocycles. The lowest BCUT2D eigenvalue weighted by Gasteiger charge is -2.32. The van der Waals surface area contributed by atoms with E-state index in [9.17, 15) is 4.79 Å². The Morgan fingerprint density at radius 2 is 1.81 bits per heavy atom. The van der Waals surface area contributed by atoms with Crippen molar-refractivity contribution in [3.8, 4) is 0 Å². The molecule has 0 saturated heterocycles. The minimum atomic E-state index is -0.355. The molecule has 0 heterocycles. The molecule has 16 heavy (non-hydrogen) atoms. The third-order valence-electron chi connectivity index (χ3n) is 2.78. The van der Waals surface area contributed by atoms with Gasteiger partial charge in [0, 0.05) is 6.54 Å². The Morgan fingerprint density at radius 3 is 2.19 bits per heavy atom. The molecule has 0 rings (SSSR count). The second kappa shape index (κ2) is 6.24. The molecule has 0 amide bonds. The number of ether oxygens (including phenoxy) is 1. The number of esters is 1. The maximum atomic E-state index is 12.0. The van der Waals surface area contributed by atoms with Crippen molar-refractivity contribution >= 4 is 5.97 Å². The van der Waals surface area contributed by atoms with Gasteiger partial charge in [-0.15, -0.1) is 0 Å². The van der Waals surface area contributed by atoms with Gasteiger partial charge in [0.05, 0.1) is 5.41 Å². The van der Waals surface area contributed by atoms with E-state index in [1.54, 1.807) is 0 Å². The van der Waals surface area contributed by atoms with E-state index in [1.165, 1.54) is 0 Å². The molecule has 0 fully saturated rings. The first-order chi connectivity index (χ1) is 7.25. The maximum Gasteiger partial charge on any atom is 0.311 e. The van der Waals surface area contributed by atoms with E-state index in [1.807, 2.05) is 20.9 Å². The van der Waals surface area contributed by atoms with E-state index in [0.717, 1.165) is 12.8 Å². The summed E-state index contributed by atoms with van der Waals surface area (Å²) >= 11 is 0. The Kier molecular flexibility index (Phi) is 6.01. The molecule has 0 bridgehead atoms. The molecule has 3 heteroatoms. The summed E-state index contributed by atoms with van der Waals surface area (Å²) in [7, 11) is 1.85. The Hall–Kier alpha value is -0.570. The first kappa shape index (κ1) is 15.4. The van der Waals surface area contributed by atoms with Gasteiger partial charge in [-0.25, -0.2) is 0 Å². The van der Waals surface area contributed by atoms with Crippen molar-refractivity contribution in [1.82, 2.24) is 5.32 Å². The second-order valence-electron chi connectivity index (χ2n) is 5.89. The van der Waals surface area contributed by atoms with Crippen LogP contribution in [-0.2, 0) is 9.53 Å². The molecule has 0 aliphatic heterocycles. The summed E-state index contributed by atoms with van der Waals surface area (Å²) in [5.74, 6) is -0.0693. The number of rotatable bonds is 6. The van der Waals surface area contributed by atoms with Gasteiger partial charge in [0.25, 0.3) is 0 Å². The van der Waals surface area contributed by atoms with E-state index in [-0.39, 0.29) is 16.8 Å². The average molecular weight is 229 g/mol. The number of likely N-dealkylation sites (N-methyl/N-ethyl adjacent to an activating group) is 1. The van der Waals surface area contributed by atoms with Gasteiger partial charge in [0.15, 0.2) is 0 Å². The first-order valence-corrected chi connectivity index (χ1v) is 6.07. The molecule has 0 radical (unpaired) electrons. The fourth-order valence-corrected chi connectivity index (χ4v) is 1.93. The maximum absolute atomic E-state index is 12.0. The number of carbonyl (C=O) groups excluding carboxylic acids is 1. The minimum Gasteiger partial charge on any atom is -0.464 e. The van der Waals surface area contributed by atoms with E-state index in [4.69, 9.17) is 4.74 Å². The fraction of sp³-hybridized carbons (Fsp3) is 0.923. The van der Waals surface area contributed by atoms with Crippen LogP contribution in [0.1, 0.15) is 47.5 Å². The van der Waals surface area contributed by atoms with E-state index < -0.39 is 0 Å². The van der Waals surface area contributed by atoms with Crippen molar-refractivity contribution < 1.29 is 9.53 Å². The van der Waals surface area contributed by atoms with Crippen molar-refractivity contribution in [2.75, 3.05) is 20.2 Å². The standard InChI is InChI=1S/C13H27NO2/c1-7-13(5,10-12(2,3)4)11(15)16-9-8-14-6/h14H,7-10H2,1-6H3. The highest BCUT2D eigenvalue weighted by atomic mass is 16.5. The molecule has 0 spiro atoms. The lowest BCUT2D eigenvalue weighted by Crippen LogP contribution is -2.34. The average Bonchev–Trinajstić information content (AvgIpc) is 2.15. The van der Waals surface area contributed by atoms with Gasteiger partial charge < -0.3 is 10.1 Å². The van der Waals surface area contributed by atoms with Gasteiger partial charge in [-0.2, -0.15) is 0 Å². The third-order valence-corrected chi connectivity index (χ3v) is 2.78. The van der Waals surface area contributed by atoms with Crippen LogP contribution in [0, 0.1) is 10.8 Å². The zero-order valence-corrected chi connectivity index (χ0v) is 11.6. The molecular formula is C13H27NO2. The van der Waals surface area contributed by atoms with Crippen LogP contribution in [0.15, 0.2) is 0 Å². The summed E-state index contributed by atoms with van der Waals surface area (Å²) in [6.45, 7) is 11.7. The largest absolute Gasteiger partial charge is 0.464 e. The Morgan fingerprint density at radius 1 is 1.25 bits per heavy atom. The Balaban J connectivity index is 4.38. The van der Waals surface area contributed by atoms with Crippen molar-refractivity contribution in [2.24, 2.45) is 10.8 Å². The third kappa shape index (κ3) is 5.50. The molecule has 96 valence electrons. The zero-order valence-electron chi connectivity index (χ0n) is 11.6. The quantitative estimate of drug-likeness (QED) is 0.562. The predicted octanol–water partition coefficient (Wildman–Crippen LogP) is 2.60. The number of hydrogen-bond donors (Lipinski definition) is 1. The second-order valence-corrected chi connectivity index (χ2v) is 5.89. The highest BCUT2D eigenvalue weighted by molar-refractivity contribution is 5.76. The first-order valence-electron chi connectivity index (χ1n) is 6.07. The van der Waals surface area contributed by atoms with Gasteiger partial charge in [-0.1, -0.05) is 27.7 Å². The van der Waals surface area contributed by atoms with E-state index in [2.05, 4.69) is 26.1 Å². The molecule has 1 N–H and O–H groups in total. The molecule has 0 aliphatic carbocycles. The molecule has 0 aromatic carbocycles. The monoisotopic (exact) mass is 229 g/mol. The van der Waals surface area contributed by atoms with Crippen molar-refractivity contribution in [1.29, 1.82) is 0 Å². The molecule has 0 saturated carbocycles. The normalized spacial score (nSPS) is 15.6. The van der Waals surface area contributed by atoms with Gasteiger partial charge in [0.1, 0.15) is 6.61 Å². The van der Waals surface area contributed by atoms with Crippen LogP contribution in [-0.4, -0.2) is 26.2 Å². The fourth-order valence-electron chi connectivity index (χ4n) is 1.93. The summed E-state index contributed by atoms with van der Waals surface area (Å²) < 4.78 is 5.28. The molecule has 1 unspecified atom stereocenters. The van der Waals surface area contributed by atoms with Crippen molar-refractivity contribution in [3.05, 3.63) is 0 Å².